The molecule has 0 saturated carbocycles. The van der Waals surface area contributed by atoms with Gasteiger partial charge in [-0.15, -0.1) is 0 Å². The quantitative estimate of drug-likeness (QED) is 0.665. The fourth-order valence-corrected chi connectivity index (χ4v) is 2.18. The summed E-state index contributed by atoms with van der Waals surface area (Å²) in [5.74, 6) is -0.833. The second-order valence-electron chi connectivity index (χ2n) is 4.79. The van der Waals surface area contributed by atoms with Crippen LogP contribution in [-0.2, 0) is 18.9 Å². The molecule has 1 aliphatic rings. The van der Waals surface area contributed by atoms with Gasteiger partial charge in [0.05, 0.1) is 13.1 Å². The topological polar surface area (TPSA) is 60.3 Å². The van der Waals surface area contributed by atoms with Gasteiger partial charge in [0.1, 0.15) is 0 Å². The van der Waals surface area contributed by atoms with Crippen molar-refractivity contribution < 1.29 is 18.9 Å². The molecule has 6 nitrogen and oxygen atoms in total. The van der Waals surface area contributed by atoms with Crippen molar-refractivity contribution in [3.05, 3.63) is 36.7 Å². The minimum absolute atomic E-state index is 0.0684. The van der Waals surface area contributed by atoms with Gasteiger partial charge in [0.25, 0.3) is 0 Å². The van der Waals surface area contributed by atoms with Crippen molar-refractivity contribution in [3.8, 4) is 0 Å². The molecule has 7 heteroatoms. The van der Waals surface area contributed by atoms with E-state index in [9.17, 15) is 9.59 Å². The molecule has 1 saturated heterocycles. The molecule has 1 fully saturated rings. The van der Waals surface area contributed by atoms with Gasteiger partial charge in [0, 0.05) is 23.4 Å². The molecule has 2 aromatic heterocycles. The highest BCUT2D eigenvalue weighted by Gasteiger charge is 2.34. The van der Waals surface area contributed by atoms with Gasteiger partial charge in [-0.25, -0.2) is 0 Å². The predicted octanol–water partition coefficient (Wildman–Crippen LogP) is -0.334. The van der Waals surface area contributed by atoms with Crippen molar-refractivity contribution in [1.29, 1.82) is 0 Å². The third-order valence-corrected chi connectivity index (χ3v) is 3.07. The van der Waals surface area contributed by atoms with E-state index in [0.29, 0.717) is 5.46 Å². The number of carbonyl (C=O) groups is 2. The van der Waals surface area contributed by atoms with Crippen LogP contribution in [0.2, 0.25) is 0 Å². The lowest BCUT2D eigenvalue weighted by Crippen LogP contribution is -2.47. The van der Waals surface area contributed by atoms with E-state index in [2.05, 4.69) is 0 Å². The van der Waals surface area contributed by atoms with Crippen LogP contribution in [-0.4, -0.2) is 48.5 Å². The number of nitrogens with zero attached hydrogens (tertiary/aromatic N) is 2. The molecule has 0 unspecified atom stereocenters. The van der Waals surface area contributed by atoms with Gasteiger partial charge in [0.2, 0.25) is 0 Å². The Morgan fingerprint density at radius 1 is 1.15 bits per heavy atom. The van der Waals surface area contributed by atoms with E-state index in [1.165, 1.54) is 0 Å². The van der Waals surface area contributed by atoms with Gasteiger partial charge in [0.15, 0.2) is 0 Å². The fraction of sp³-hybridized carbons (Fsp3) is 0.231. The Labute approximate surface area is 116 Å². The highest BCUT2D eigenvalue weighted by atomic mass is 16.6. The monoisotopic (exact) mass is 272 g/mol. The minimum Gasteiger partial charge on any atom is -0.494 e. The molecule has 0 aromatic carbocycles. The van der Waals surface area contributed by atoms with Gasteiger partial charge in [-0.3, -0.25) is 14.5 Å². The standard InChI is InChI=1S/C13H13BN2O4/c1-15-8-12(17)19-14(20-13(18)9-15)10-6-11-4-2-3-5-16(11)7-10/h2-7H,8-9H2,1H3. The summed E-state index contributed by atoms with van der Waals surface area (Å²) < 4.78 is 12.3. The van der Waals surface area contributed by atoms with Crippen molar-refractivity contribution in [3.63, 3.8) is 0 Å². The molecule has 0 aliphatic carbocycles. The lowest BCUT2D eigenvalue weighted by molar-refractivity contribution is -0.145. The number of aromatic nitrogens is 1. The first-order valence-corrected chi connectivity index (χ1v) is 6.26. The summed E-state index contributed by atoms with van der Waals surface area (Å²) in [5.41, 5.74) is 1.58. The Balaban J connectivity index is 1.90. The molecule has 0 bridgehead atoms. The molecule has 0 radical (unpaired) electrons. The van der Waals surface area contributed by atoms with Crippen LogP contribution < -0.4 is 5.46 Å². The Bertz CT molecular complexity index is 616. The maximum absolute atomic E-state index is 11.7. The molecule has 1 aliphatic heterocycles. The lowest BCUT2D eigenvalue weighted by atomic mass is 9.80. The SMILES string of the molecule is CN1CC(=O)OB(c2cc3ccccn3c2)OC(=O)C1. The molecular weight excluding hydrogens is 259 g/mol. The number of hydrogen-bond acceptors (Lipinski definition) is 5. The summed E-state index contributed by atoms with van der Waals surface area (Å²) in [7, 11) is 0.679. The molecular formula is C13H13BN2O4. The molecule has 102 valence electrons. The van der Waals surface area contributed by atoms with Crippen molar-refractivity contribution in [2.75, 3.05) is 20.1 Å². The van der Waals surface area contributed by atoms with E-state index in [1.807, 2.05) is 34.9 Å². The van der Waals surface area contributed by atoms with Crippen LogP contribution in [0.25, 0.3) is 5.52 Å². The molecule has 20 heavy (non-hydrogen) atoms. The van der Waals surface area contributed by atoms with Crippen molar-refractivity contribution >= 4 is 30.0 Å². The fourth-order valence-electron chi connectivity index (χ4n) is 2.18. The summed E-state index contributed by atoms with van der Waals surface area (Å²) in [5, 5.41) is 0. The van der Waals surface area contributed by atoms with Gasteiger partial charge in [-0.05, 0) is 25.2 Å². The zero-order chi connectivity index (χ0) is 14.1. The Morgan fingerprint density at radius 3 is 2.50 bits per heavy atom. The number of rotatable bonds is 1. The van der Waals surface area contributed by atoms with Crippen molar-refractivity contribution in [2.24, 2.45) is 0 Å². The van der Waals surface area contributed by atoms with Crippen molar-refractivity contribution in [2.45, 2.75) is 0 Å². The average Bonchev–Trinajstić information content (AvgIpc) is 2.79. The van der Waals surface area contributed by atoms with Crippen LogP contribution in [0.15, 0.2) is 36.7 Å². The summed E-state index contributed by atoms with van der Waals surface area (Å²) in [4.78, 5) is 24.9. The zero-order valence-corrected chi connectivity index (χ0v) is 11.0. The Kier molecular flexibility index (Phi) is 3.19. The molecule has 3 heterocycles. The molecule has 0 spiro atoms. The van der Waals surface area contributed by atoms with Crippen LogP contribution in [0.4, 0.5) is 0 Å². The first-order valence-electron chi connectivity index (χ1n) is 6.26. The number of likely N-dealkylation sites (N-methyl/N-ethyl adjacent to an activating group) is 1. The molecule has 2 aromatic rings. The lowest BCUT2D eigenvalue weighted by Gasteiger charge is -2.21. The van der Waals surface area contributed by atoms with Gasteiger partial charge in [-0.2, -0.15) is 0 Å². The van der Waals surface area contributed by atoms with Gasteiger partial charge in [-0.1, -0.05) is 6.07 Å². The number of carbonyl (C=O) groups excluding carboxylic acids is 2. The van der Waals surface area contributed by atoms with Crippen LogP contribution in [0.1, 0.15) is 0 Å². The molecule has 0 N–H and O–H groups in total. The van der Waals surface area contributed by atoms with E-state index in [-0.39, 0.29) is 13.1 Å². The summed E-state index contributed by atoms with van der Waals surface area (Å²) in [6, 6.07) is 7.55. The van der Waals surface area contributed by atoms with E-state index >= 15 is 0 Å². The third-order valence-electron chi connectivity index (χ3n) is 3.07. The van der Waals surface area contributed by atoms with E-state index in [1.54, 1.807) is 18.1 Å². The van der Waals surface area contributed by atoms with Crippen LogP contribution in [0.3, 0.4) is 0 Å². The number of pyridine rings is 1. The predicted molar refractivity (Wildman–Crippen MR) is 72.5 cm³/mol. The average molecular weight is 272 g/mol. The Hall–Kier alpha value is -2.28. The molecule has 3 rings (SSSR count). The second-order valence-corrected chi connectivity index (χ2v) is 4.79. The number of fused-ring (bicyclic) bond motifs is 1. The van der Waals surface area contributed by atoms with Gasteiger partial charge >= 0.3 is 19.1 Å². The smallest absolute Gasteiger partial charge is 0.494 e. The van der Waals surface area contributed by atoms with Crippen LogP contribution in [0, 0.1) is 0 Å². The molecule has 0 atom stereocenters. The zero-order valence-electron chi connectivity index (χ0n) is 11.0. The van der Waals surface area contributed by atoms with E-state index in [4.69, 9.17) is 9.31 Å². The first-order chi connectivity index (χ1) is 9.61. The van der Waals surface area contributed by atoms with Gasteiger partial charge < -0.3 is 13.7 Å². The maximum Gasteiger partial charge on any atom is 0.638 e. The van der Waals surface area contributed by atoms with E-state index < -0.39 is 19.1 Å². The Morgan fingerprint density at radius 2 is 1.85 bits per heavy atom. The van der Waals surface area contributed by atoms with Crippen LogP contribution >= 0.6 is 0 Å². The normalized spacial score (nSPS) is 17.6. The highest BCUT2D eigenvalue weighted by molar-refractivity contribution is 6.64. The second kappa shape index (κ2) is 5.01. The van der Waals surface area contributed by atoms with Crippen LogP contribution in [0.5, 0.6) is 0 Å². The van der Waals surface area contributed by atoms with Crippen molar-refractivity contribution in [1.82, 2.24) is 9.30 Å². The number of hydrogen-bond donors (Lipinski definition) is 0. The minimum atomic E-state index is -0.983. The summed E-state index contributed by atoms with van der Waals surface area (Å²) in [6.45, 7) is 0.137. The summed E-state index contributed by atoms with van der Waals surface area (Å²) >= 11 is 0. The summed E-state index contributed by atoms with van der Waals surface area (Å²) in [6.07, 6.45) is 3.66. The third kappa shape index (κ3) is 2.53. The highest BCUT2D eigenvalue weighted by Crippen LogP contribution is 2.06. The maximum atomic E-state index is 11.7. The first kappa shape index (κ1) is 12.7. The van der Waals surface area contributed by atoms with E-state index in [0.717, 1.165) is 5.52 Å². The largest absolute Gasteiger partial charge is 0.638 e. The molecule has 0 amide bonds.